The Morgan fingerprint density at radius 2 is 1.72 bits per heavy atom. The summed E-state index contributed by atoms with van der Waals surface area (Å²) in [6.45, 7) is 1.56. The number of guanidine groups is 1. The highest BCUT2D eigenvalue weighted by Gasteiger charge is 2.34. The Morgan fingerprint density at radius 3 is 2.31 bits per heavy atom. The minimum absolute atomic E-state index is 0.0193. The van der Waals surface area contributed by atoms with E-state index < -0.39 is 29.5 Å². The summed E-state index contributed by atoms with van der Waals surface area (Å²) in [5, 5.41) is 18.6. The van der Waals surface area contributed by atoms with Gasteiger partial charge in [-0.2, -0.15) is 18.3 Å². The van der Waals surface area contributed by atoms with Gasteiger partial charge in [-0.05, 0) is 47.5 Å². The molecule has 0 radical (unpaired) electrons. The molecule has 0 spiro atoms. The third-order valence-electron chi connectivity index (χ3n) is 6.14. The molecule has 202 valence electrons. The van der Waals surface area contributed by atoms with E-state index in [4.69, 9.17) is 11.6 Å². The minimum Gasteiger partial charge on any atom is -0.481 e. The molecule has 0 fully saturated rings. The summed E-state index contributed by atoms with van der Waals surface area (Å²) in [7, 11) is 0. The molecule has 1 amide bonds. The molecule has 4 rings (SSSR count). The first kappa shape index (κ1) is 27.8. The van der Waals surface area contributed by atoms with Crippen LogP contribution in [0.25, 0.3) is 0 Å². The predicted molar refractivity (Wildman–Crippen MR) is 142 cm³/mol. The van der Waals surface area contributed by atoms with Crippen molar-refractivity contribution >= 4 is 35.1 Å². The van der Waals surface area contributed by atoms with Crippen LogP contribution in [0.2, 0.25) is 5.02 Å². The average Bonchev–Trinajstić information content (AvgIpc) is 3.36. The van der Waals surface area contributed by atoms with Crippen molar-refractivity contribution in [3.63, 3.8) is 0 Å². The number of alkyl halides is 3. The first-order valence-electron chi connectivity index (χ1n) is 12.0. The number of carboxylic acid groups (broad SMARTS) is 1. The summed E-state index contributed by atoms with van der Waals surface area (Å²) >= 11 is 5.92. The molecule has 1 aliphatic rings. The van der Waals surface area contributed by atoms with E-state index in [1.807, 2.05) is 30.3 Å². The number of nitrogens with zero attached hydrogens (tertiary/aromatic N) is 3. The van der Waals surface area contributed by atoms with E-state index in [9.17, 15) is 27.9 Å². The van der Waals surface area contributed by atoms with Gasteiger partial charge in [-0.15, -0.1) is 0 Å². The number of halogens is 4. The van der Waals surface area contributed by atoms with E-state index in [0.717, 1.165) is 17.7 Å². The van der Waals surface area contributed by atoms with E-state index in [0.29, 0.717) is 21.9 Å². The molecule has 2 unspecified atom stereocenters. The van der Waals surface area contributed by atoms with Crippen molar-refractivity contribution in [3.8, 4) is 0 Å². The maximum Gasteiger partial charge on any atom is 0.416 e. The summed E-state index contributed by atoms with van der Waals surface area (Å²) in [6.07, 6.45) is -4.48. The molecule has 1 aliphatic heterocycles. The predicted octanol–water partition coefficient (Wildman–Crippen LogP) is 5.67. The number of carbonyl (C=O) groups is 2. The van der Waals surface area contributed by atoms with Crippen LogP contribution in [0, 0.1) is 5.92 Å². The fourth-order valence-electron chi connectivity index (χ4n) is 3.93. The van der Waals surface area contributed by atoms with Crippen LogP contribution in [0.1, 0.15) is 39.9 Å². The van der Waals surface area contributed by atoms with Crippen LogP contribution >= 0.6 is 11.6 Å². The molecule has 0 aromatic heterocycles. The topological polar surface area (TPSA) is 94.4 Å². The van der Waals surface area contributed by atoms with Crippen molar-refractivity contribution < 1.29 is 27.9 Å². The van der Waals surface area contributed by atoms with Gasteiger partial charge in [-0.1, -0.05) is 61.0 Å². The van der Waals surface area contributed by atoms with Crippen LogP contribution in [-0.4, -0.2) is 46.8 Å². The molecule has 7 nitrogen and oxygen atoms in total. The highest BCUT2D eigenvalue weighted by Crippen LogP contribution is 2.32. The van der Waals surface area contributed by atoms with Gasteiger partial charge in [0.15, 0.2) is 0 Å². The molecule has 0 saturated carbocycles. The van der Waals surface area contributed by atoms with E-state index >= 15 is 0 Å². The smallest absolute Gasteiger partial charge is 0.416 e. The number of aliphatic carboxylic acids is 1. The third-order valence-corrected chi connectivity index (χ3v) is 6.39. The first-order valence-corrected chi connectivity index (χ1v) is 12.3. The fourth-order valence-corrected chi connectivity index (χ4v) is 4.06. The molecule has 0 aliphatic carbocycles. The Morgan fingerprint density at radius 1 is 1.08 bits per heavy atom. The van der Waals surface area contributed by atoms with Crippen LogP contribution in [0.3, 0.4) is 0 Å². The number of hydrogen-bond acceptors (Lipinski definition) is 4. The number of hydrogen-bond donors (Lipinski definition) is 2. The molecular formula is C28H24ClF3N4O3. The number of hydrazone groups is 1. The van der Waals surface area contributed by atoms with Gasteiger partial charge < -0.3 is 5.11 Å². The normalized spacial score (nSPS) is 16.5. The zero-order valence-electron chi connectivity index (χ0n) is 20.7. The van der Waals surface area contributed by atoms with E-state index in [1.54, 1.807) is 12.1 Å². The Balaban J connectivity index is 1.71. The van der Waals surface area contributed by atoms with Gasteiger partial charge in [-0.3, -0.25) is 19.9 Å². The van der Waals surface area contributed by atoms with Gasteiger partial charge in [0.2, 0.25) is 5.96 Å². The van der Waals surface area contributed by atoms with Crippen LogP contribution in [-0.2, 0) is 11.0 Å². The third kappa shape index (κ3) is 6.83. The zero-order chi connectivity index (χ0) is 28.2. The number of nitrogens with one attached hydrogen (secondary N) is 1. The second-order valence-corrected chi connectivity index (χ2v) is 9.41. The molecule has 2 atom stereocenters. The van der Waals surface area contributed by atoms with Crippen LogP contribution in [0.5, 0.6) is 0 Å². The Kier molecular flexibility index (Phi) is 8.35. The van der Waals surface area contributed by atoms with Crippen molar-refractivity contribution in [1.29, 1.82) is 0 Å². The van der Waals surface area contributed by atoms with Gasteiger partial charge >= 0.3 is 12.1 Å². The number of carbonyl (C=O) groups excluding carboxylic acids is 1. The summed E-state index contributed by atoms with van der Waals surface area (Å²) in [4.78, 5) is 28.8. The van der Waals surface area contributed by atoms with Crippen LogP contribution in [0.15, 0.2) is 89.0 Å². The van der Waals surface area contributed by atoms with Gasteiger partial charge in [0.1, 0.15) is 0 Å². The van der Waals surface area contributed by atoms with E-state index in [-0.39, 0.29) is 25.0 Å². The van der Waals surface area contributed by atoms with E-state index in [1.165, 1.54) is 36.2 Å². The fraction of sp³-hybridized carbons (Fsp3) is 0.214. The summed E-state index contributed by atoms with van der Waals surface area (Å²) in [6, 6.07) is 20.2. The largest absolute Gasteiger partial charge is 0.481 e. The summed E-state index contributed by atoms with van der Waals surface area (Å²) in [5.74, 6) is -2.75. The lowest BCUT2D eigenvalue weighted by Gasteiger charge is -2.19. The lowest BCUT2D eigenvalue weighted by molar-refractivity contribution is -0.140. The number of aliphatic imine (C=N–C) groups is 1. The maximum absolute atomic E-state index is 13.2. The molecule has 0 bridgehead atoms. The van der Waals surface area contributed by atoms with Gasteiger partial charge in [0, 0.05) is 16.5 Å². The van der Waals surface area contributed by atoms with Gasteiger partial charge in [0.05, 0.1) is 30.3 Å². The second kappa shape index (κ2) is 11.7. The lowest BCUT2D eigenvalue weighted by atomic mass is 9.90. The first-order chi connectivity index (χ1) is 18.5. The Bertz CT molecular complexity index is 1390. The zero-order valence-corrected chi connectivity index (χ0v) is 21.4. The van der Waals surface area contributed by atoms with Crippen molar-refractivity contribution in [2.24, 2.45) is 16.0 Å². The Hall–Kier alpha value is -4.18. The molecule has 3 aromatic rings. The second-order valence-electron chi connectivity index (χ2n) is 8.97. The quantitative estimate of drug-likeness (QED) is 0.302. The molecule has 3 aromatic carbocycles. The number of benzene rings is 3. The lowest BCUT2D eigenvalue weighted by Crippen LogP contribution is -2.42. The molecule has 2 N–H and O–H groups in total. The highest BCUT2D eigenvalue weighted by molar-refractivity contribution is 6.30. The van der Waals surface area contributed by atoms with Crippen molar-refractivity contribution in [2.45, 2.75) is 19.0 Å². The number of carboxylic acids is 1. The maximum atomic E-state index is 13.2. The molecule has 1 heterocycles. The summed E-state index contributed by atoms with van der Waals surface area (Å²) < 4.78 is 39.5. The molecule has 11 heteroatoms. The van der Waals surface area contributed by atoms with Crippen molar-refractivity contribution in [2.75, 3.05) is 13.1 Å². The molecular weight excluding hydrogens is 533 g/mol. The van der Waals surface area contributed by atoms with Crippen LogP contribution in [0.4, 0.5) is 13.2 Å². The number of amides is 1. The highest BCUT2D eigenvalue weighted by atomic mass is 35.5. The minimum atomic E-state index is -4.48. The van der Waals surface area contributed by atoms with Gasteiger partial charge in [0.25, 0.3) is 5.91 Å². The SMILES string of the molecule is CC(CN=C(NC(=O)c1ccc(Cl)cc1)N1CC(c2ccccc2)C(c2ccc(C(F)(F)F)cc2)=N1)C(=O)O. The van der Waals surface area contributed by atoms with Gasteiger partial charge in [-0.25, -0.2) is 5.01 Å². The van der Waals surface area contributed by atoms with Crippen molar-refractivity contribution in [1.82, 2.24) is 10.3 Å². The van der Waals surface area contributed by atoms with Crippen molar-refractivity contribution in [3.05, 3.63) is 106 Å². The molecule has 39 heavy (non-hydrogen) atoms. The Labute approximate surface area is 227 Å². The average molecular weight is 557 g/mol. The van der Waals surface area contributed by atoms with Crippen LogP contribution < -0.4 is 5.32 Å². The molecule has 0 saturated heterocycles. The monoisotopic (exact) mass is 556 g/mol. The summed E-state index contributed by atoms with van der Waals surface area (Å²) in [5.41, 5.74) is 1.33. The van der Waals surface area contributed by atoms with E-state index in [2.05, 4.69) is 15.4 Å². The standard InChI is InChI=1S/C28H24ClF3N4O3/c1-17(26(38)39)15-33-27(34-25(37)20-9-13-22(29)14-10-20)36-16-23(18-5-3-2-4-6-18)24(35-36)19-7-11-21(12-8-19)28(30,31)32/h2-14,17,23H,15-16H2,1H3,(H,38,39)(H,33,34,37). The number of rotatable bonds is 6.